The summed E-state index contributed by atoms with van der Waals surface area (Å²) in [6, 6.07) is 2.04. The Morgan fingerprint density at radius 3 is 2.41 bits per heavy atom. The first-order valence-corrected chi connectivity index (χ1v) is 10.4. The molecule has 1 aliphatic heterocycles. The first-order chi connectivity index (χ1) is 15.0. The average Bonchev–Trinajstić information content (AvgIpc) is 2.67. The molecule has 0 bridgehead atoms. The molecule has 2 aromatic heterocycles. The smallest absolute Gasteiger partial charge is 0.366 e. The molecule has 1 aliphatic carbocycles. The second-order valence-corrected chi connectivity index (χ2v) is 8.58. The van der Waals surface area contributed by atoms with E-state index in [1.54, 1.807) is 0 Å². The van der Waals surface area contributed by atoms with Crippen molar-refractivity contribution in [2.24, 2.45) is 5.92 Å². The molecule has 0 aromatic carbocycles. The molecular formula is C20H25F3N8O. The van der Waals surface area contributed by atoms with E-state index in [4.69, 9.17) is 0 Å². The van der Waals surface area contributed by atoms with Gasteiger partial charge in [0.1, 0.15) is 17.5 Å². The van der Waals surface area contributed by atoms with E-state index >= 15 is 0 Å². The maximum absolute atomic E-state index is 12.6. The lowest BCUT2D eigenvalue weighted by Gasteiger charge is -2.38. The predicted octanol–water partition coefficient (Wildman–Crippen LogP) is 3.06. The fourth-order valence-electron chi connectivity index (χ4n) is 4.08. The van der Waals surface area contributed by atoms with Crippen molar-refractivity contribution in [3.63, 3.8) is 0 Å². The number of nitrogens with one attached hydrogen (secondary N) is 3. The topological polar surface area (TPSA) is 108 Å². The molecule has 9 nitrogen and oxygen atoms in total. The van der Waals surface area contributed by atoms with Gasteiger partial charge in [-0.15, -0.1) is 10.2 Å². The van der Waals surface area contributed by atoms with Crippen molar-refractivity contribution in [1.29, 1.82) is 0 Å². The van der Waals surface area contributed by atoms with Crippen LogP contribution in [0.1, 0.15) is 38.1 Å². The number of carbonyl (C=O) groups is 1. The van der Waals surface area contributed by atoms with Crippen molar-refractivity contribution in [1.82, 2.24) is 20.2 Å². The van der Waals surface area contributed by atoms with E-state index in [9.17, 15) is 18.0 Å². The van der Waals surface area contributed by atoms with Gasteiger partial charge in [-0.1, -0.05) is 13.8 Å². The molecule has 3 N–H and O–H groups in total. The summed E-state index contributed by atoms with van der Waals surface area (Å²) < 4.78 is 37.8. The van der Waals surface area contributed by atoms with Crippen LogP contribution < -0.4 is 20.9 Å². The van der Waals surface area contributed by atoms with Crippen LogP contribution in [0.5, 0.6) is 0 Å². The molecule has 1 amide bonds. The Morgan fingerprint density at radius 1 is 1.12 bits per heavy atom. The number of nitrogens with zero attached hydrogens (tertiary/aromatic N) is 5. The van der Waals surface area contributed by atoms with Gasteiger partial charge < -0.3 is 20.9 Å². The number of hydrogen-bond acceptors (Lipinski definition) is 8. The zero-order valence-electron chi connectivity index (χ0n) is 18.2. The molecule has 1 atom stereocenters. The van der Waals surface area contributed by atoms with Crippen LogP contribution in [0.2, 0.25) is 0 Å². The van der Waals surface area contributed by atoms with Crippen LogP contribution in [0.3, 0.4) is 0 Å². The molecule has 2 aromatic rings. The van der Waals surface area contributed by atoms with Gasteiger partial charge in [0.25, 0.3) is 0 Å². The van der Waals surface area contributed by atoms with Gasteiger partial charge in [-0.25, -0.2) is 4.98 Å². The van der Waals surface area contributed by atoms with Crippen molar-refractivity contribution >= 4 is 29.2 Å². The molecule has 12 heteroatoms. The Balaban J connectivity index is 1.37. The number of amides is 1. The molecule has 0 unspecified atom stereocenters. The van der Waals surface area contributed by atoms with Gasteiger partial charge in [-0.05, 0) is 37.8 Å². The van der Waals surface area contributed by atoms with Gasteiger partial charge in [-0.2, -0.15) is 18.2 Å². The largest absolute Gasteiger partial charge is 0.435 e. The first kappa shape index (κ1) is 22.0. The number of hydrogen-bond donors (Lipinski definition) is 3. The van der Waals surface area contributed by atoms with E-state index in [1.807, 2.05) is 32.7 Å². The van der Waals surface area contributed by atoms with Gasteiger partial charge in [-0.3, -0.25) is 4.79 Å². The third kappa shape index (κ3) is 4.26. The maximum atomic E-state index is 12.6. The highest BCUT2D eigenvalue weighted by Gasteiger charge is 2.36. The number of fused-ring (bicyclic) bond motifs is 1. The average molecular weight is 450 g/mol. The first-order valence-electron chi connectivity index (χ1n) is 10.4. The minimum atomic E-state index is -4.50. The van der Waals surface area contributed by atoms with E-state index < -0.39 is 11.9 Å². The third-order valence-corrected chi connectivity index (χ3v) is 5.75. The summed E-state index contributed by atoms with van der Waals surface area (Å²) in [6.45, 7) is 5.80. The fraction of sp³-hybridized carbons (Fsp3) is 0.550. The summed E-state index contributed by atoms with van der Waals surface area (Å²) in [7, 11) is 1.85. The van der Waals surface area contributed by atoms with E-state index in [2.05, 4.69) is 36.1 Å². The fourth-order valence-corrected chi connectivity index (χ4v) is 4.08. The lowest BCUT2D eigenvalue weighted by molar-refractivity contribution is -0.141. The third-order valence-electron chi connectivity index (χ3n) is 5.75. The summed E-state index contributed by atoms with van der Waals surface area (Å²) in [4.78, 5) is 23.4. The van der Waals surface area contributed by atoms with Crippen molar-refractivity contribution in [3.8, 4) is 0 Å². The summed E-state index contributed by atoms with van der Waals surface area (Å²) in [5.41, 5.74) is 0.278. The Hall–Kier alpha value is -3.18. The quantitative estimate of drug-likeness (QED) is 0.638. The van der Waals surface area contributed by atoms with Crippen LogP contribution in [0.25, 0.3) is 0 Å². The number of alkyl halides is 3. The maximum Gasteiger partial charge on any atom is 0.435 e. The molecule has 172 valence electrons. The van der Waals surface area contributed by atoms with Gasteiger partial charge >= 0.3 is 6.18 Å². The van der Waals surface area contributed by atoms with E-state index in [1.165, 1.54) is 6.07 Å². The second kappa shape index (κ2) is 8.06. The number of carbonyl (C=O) groups excluding carboxylic acids is 1. The summed E-state index contributed by atoms with van der Waals surface area (Å²) in [6.07, 6.45) is -3.05. The molecule has 0 saturated heterocycles. The van der Waals surface area contributed by atoms with Crippen molar-refractivity contribution in [2.45, 2.75) is 57.9 Å². The van der Waals surface area contributed by atoms with Crippen LogP contribution in [-0.4, -0.2) is 51.2 Å². The van der Waals surface area contributed by atoms with Gasteiger partial charge in [0.2, 0.25) is 11.9 Å². The Bertz CT molecular complexity index is 1010. The molecular weight excluding hydrogens is 425 g/mol. The lowest BCUT2D eigenvalue weighted by Crippen LogP contribution is -2.50. The van der Waals surface area contributed by atoms with Gasteiger partial charge in [0.15, 0.2) is 11.5 Å². The number of likely N-dealkylation sites (N-methyl/N-ethyl adjacent to an activating group) is 1. The molecule has 3 heterocycles. The SMILES string of the molecule is Cc1nc(NC2CC(Nc3ccc(C(F)(F)F)nn3)C2)nc2c1NC(=O)[C@H](C(C)C)N2C. The zero-order chi connectivity index (χ0) is 23.2. The molecule has 4 rings (SSSR count). The monoisotopic (exact) mass is 450 g/mol. The standard InChI is InChI=1S/C20H25F3N8O/c1-9(2)16-18(32)27-15-10(3)24-19(28-17(15)31(16)4)26-12-7-11(8-12)25-14-6-5-13(29-30-14)20(21,22)23/h5-6,9,11-12,16H,7-8H2,1-4H3,(H,25,30)(H,27,32)(H,24,26,28)/t11?,12?,16-/m0/s1. The van der Waals surface area contributed by atoms with E-state index in [-0.39, 0.29) is 30.0 Å². The van der Waals surface area contributed by atoms with Gasteiger partial charge in [0, 0.05) is 19.1 Å². The Morgan fingerprint density at radius 2 is 1.81 bits per heavy atom. The number of anilines is 4. The zero-order valence-corrected chi connectivity index (χ0v) is 18.2. The van der Waals surface area contributed by atoms with Crippen LogP contribution in [0.15, 0.2) is 12.1 Å². The van der Waals surface area contributed by atoms with E-state index in [0.717, 1.165) is 18.9 Å². The summed E-state index contributed by atoms with van der Waals surface area (Å²) >= 11 is 0. The molecule has 1 saturated carbocycles. The van der Waals surface area contributed by atoms with Crippen LogP contribution in [0.4, 0.5) is 36.4 Å². The molecule has 32 heavy (non-hydrogen) atoms. The highest BCUT2D eigenvalue weighted by molar-refractivity contribution is 6.03. The molecule has 2 aliphatic rings. The van der Waals surface area contributed by atoms with Crippen molar-refractivity contribution in [2.75, 3.05) is 27.9 Å². The summed E-state index contributed by atoms with van der Waals surface area (Å²) in [5.74, 6) is 1.50. The van der Waals surface area contributed by atoms with Crippen LogP contribution in [0, 0.1) is 12.8 Å². The normalized spacial score (nSPS) is 22.8. The Kier molecular flexibility index (Phi) is 5.55. The van der Waals surface area contributed by atoms with Gasteiger partial charge in [0.05, 0.1) is 5.69 Å². The minimum absolute atomic E-state index is 0.0598. The minimum Gasteiger partial charge on any atom is -0.366 e. The highest BCUT2D eigenvalue weighted by Crippen LogP contribution is 2.35. The second-order valence-electron chi connectivity index (χ2n) is 8.58. The van der Waals surface area contributed by atoms with Crippen molar-refractivity contribution < 1.29 is 18.0 Å². The number of aromatic nitrogens is 4. The molecule has 0 radical (unpaired) electrons. The molecule has 0 spiro atoms. The number of halogens is 3. The lowest BCUT2D eigenvalue weighted by atomic mass is 9.87. The number of rotatable bonds is 5. The van der Waals surface area contributed by atoms with Crippen LogP contribution >= 0.6 is 0 Å². The highest BCUT2D eigenvalue weighted by atomic mass is 19.4. The Labute approximate surface area is 183 Å². The number of aryl methyl sites for hydroxylation is 1. The molecule has 1 fully saturated rings. The summed E-state index contributed by atoms with van der Waals surface area (Å²) in [5, 5.41) is 16.1. The van der Waals surface area contributed by atoms with Crippen molar-refractivity contribution in [3.05, 3.63) is 23.5 Å². The predicted molar refractivity (Wildman–Crippen MR) is 114 cm³/mol. The van der Waals surface area contributed by atoms with Crippen LogP contribution in [-0.2, 0) is 11.0 Å². The van der Waals surface area contributed by atoms with E-state index in [0.29, 0.717) is 29.0 Å².